The number of rotatable bonds is 9. The number of hydrogen-bond acceptors (Lipinski definition) is 7. The molecule has 2 heterocycles. The lowest BCUT2D eigenvalue weighted by Crippen LogP contribution is -2.59. The van der Waals surface area contributed by atoms with Crippen molar-refractivity contribution in [3.05, 3.63) is 23.8 Å². The van der Waals surface area contributed by atoms with Gasteiger partial charge in [0.2, 0.25) is 21.8 Å². The highest BCUT2D eigenvalue weighted by Gasteiger charge is 2.41. The van der Waals surface area contributed by atoms with Crippen molar-refractivity contribution in [2.24, 2.45) is 11.8 Å². The molecule has 0 aromatic heterocycles. The van der Waals surface area contributed by atoms with E-state index in [1.807, 2.05) is 0 Å². The summed E-state index contributed by atoms with van der Waals surface area (Å²) in [6, 6.07) is 5.11. The van der Waals surface area contributed by atoms with Gasteiger partial charge in [-0.2, -0.15) is 0 Å². The second kappa shape index (κ2) is 13.1. The second-order valence-electron chi connectivity index (χ2n) is 10.2. The molecule has 0 spiro atoms. The van der Waals surface area contributed by atoms with Gasteiger partial charge in [0.05, 0.1) is 16.2 Å². The molecule has 3 atom stereocenters. The summed E-state index contributed by atoms with van der Waals surface area (Å²) in [6.45, 7) is 2.31. The topological polar surface area (TPSA) is 120 Å². The lowest BCUT2D eigenvalue weighted by atomic mass is 9.82. The fourth-order valence-corrected chi connectivity index (χ4v) is 8.16. The molecule has 2 aliphatic heterocycles. The molecule has 206 valence electrons. The van der Waals surface area contributed by atoms with Gasteiger partial charge >= 0.3 is 0 Å². The third-order valence-electron chi connectivity index (χ3n) is 7.47. The van der Waals surface area contributed by atoms with Crippen LogP contribution in [0.1, 0.15) is 50.5 Å². The maximum absolute atomic E-state index is 13.3. The lowest BCUT2D eigenvalue weighted by molar-refractivity contribution is -0.147. The number of amides is 2. The SMILES string of the molecule is Cc1ccc(NC(=O)CN2NCC(Cl)C(C3CCCCCC3)C2=O)cc1S(=O)(=O)NCCC1CSCN1. The Labute approximate surface area is 229 Å². The Morgan fingerprint density at radius 3 is 2.68 bits per heavy atom. The molecule has 9 nitrogen and oxygen atoms in total. The first-order valence-corrected chi connectivity index (χ1v) is 16.2. The molecule has 3 unspecified atom stereocenters. The molecule has 2 saturated heterocycles. The number of halogens is 1. The molecule has 0 radical (unpaired) electrons. The predicted molar refractivity (Wildman–Crippen MR) is 148 cm³/mol. The van der Waals surface area contributed by atoms with Crippen molar-refractivity contribution in [2.75, 3.05) is 36.6 Å². The highest BCUT2D eigenvalue weighted by atomic mass is 35.5. The van der Waals surface area contributed by atoms with E-state index in [0.29, 0.717) is 36.8 Å². The average Bonchev–Trinajstić information content (AvgIpc) is 3.23. The molecule has 1 aliphatic carbocycles. The number of hydrazine groups is 1. The Hall–Kier alpha value is -1.37. The zero-order valence-electron chi connectivity index (χ0n) is 21.3. The molecule has 4 N–H and O–H groups in total. The van der Waals surface area contributed by atoms with Crippen LogP contribution in [0.15, 0.2) is 23.1 Å². The molecule has 1 saturated carbocycles. The summed E-state index contributed by atoms with van der Waals surface area (Å²) in [7, 11) is -3.73. The number of sulfonamides is 1. The van der Waals surface area contributed by atoms with Crippen molar-refractivity contribution >= 4 is 50.9 Å². The van der Waals surface area contributed by atoms with Crippen LogP contribution in [0.3, 0.4) is 0 Å². The van der Waals surface area contributed by atoms with Crippen molar-refractivity contribution in [2.45, 2.75) is 68.2 Å². The Bertz CT molecular complexity index is 1060. The standard InChI is InChI=1S/C25H38ClN5O4S2/c1-17-8-9-19(12-22(17)37(34,35)29-11-10-20-15-36-16-27-20)30-23(32)14-31-25(33)24(21(26)13-28-31)18-6-4-2-3-5-7-18/h8-9,12,18,20-21,24,27-29H,2-7,10-11,13-16H2,1H3,(H,30,32). The van der Waals surface area contributed by atoms with Crippen LogP contribution < -0.4 is 20.8 Å². The van der Waals surface area contributed by atoms with Crippen LogP contribution >= 0.6 is 23.4 Å². The minimum atomic E-state index is -3.73. The number of alkyl halides is 1. The van der Waals surface area contributed by atoms with E-state index in [-0.39, 0.29) is 34.6 Å². The van der Waals surface area contributed by atoms with Gasteiger partial charge in [-0.3, -0.25) is 14.6 Å². The first-order valence-electron chi connectivity index (χ1n) is 13.1. The van der Waals surface area contributed by atoms with E-state index >= 15 is 0 Å². The number of thioether (sulfide) groups is 1. The van der Waals surface area contributed by atoms with Gasteiger partial charge in [0.15, 0.2) is 0 Å². The number of anilines is 1. The van der Waals surface area contributed by atoms with Crippen LogP contribution in [0.5, 0.6) is 0 Å². The molecule has 2 amide bonds. The van der Waals surface area contributed by atoms with Crippen LogP contribution in [-0.2, 0) is 19.6 Å². The smallest absolute Gasteiger partial charge is 0.245 e. The Morgan fingerprint density at radius 1 is 1.22 bits per heavy atom. The molecule has 1 aromatic rings. The van der Waals surface area contributed by atoms with Gasteiger partial charge in [0.25, 0.3) is 0 Å². The monoisotopic (exact) mass is 571 g/mol. The van der Waals surface area contributed by atoms with Gasteiger partial charge in [0.1, 0.15) is 6.54 Å². The van der Waals surface area contributed by atoms with Gasteiger partial charge in [0, 0.05) is 36.4 Å². The summed E-state index contributed by atoms with van der Waals surface area (Å²) in [4.78, 5) is 26.3. The van der Waals surface area contributed by atoms with Crippen LogP contribution in [0.4, 0.5) is 5.69 Å². The van der Waals surface area contributed by atoms with Crippen LogP contribution in [0.2, 0.25) is 0 Å². The molecule has 3 fully saturated rings. The number of nitrogens with zero attached hydrogens (tertiary/aromatic N) is 1. The third kappa shape index (κ3) is 7.60. The van der Waals surface area contributed by atoms with Gasteiger partial charge in [-0.15, -0.1) is 23.4 Å². The van der Waals surface area contributed by atoms with E-state index in [9.17, 15) is 18.0 Å². The number of carbonyl (C=O) groups is 2. The quantitative estimate of drug-likeness (QED) is 0.266. The highest BCUT2D eigenvalue weighted by Crippen LogP contribution is 2.35. The molecule has 0 bridgehead atoms. The summed E-state index contributed by atoms with van der Waals surface area (Å²) < 4.78 is 28.6. The Balaban J connectivity index is 1.36. The minimum absolute atomic E-state index is 0.129. The summed E-state index contributed by atoms with van der Waals surface area (Å²) in [5, 5.41) is 7.15. The van der Waals surface area contributed by atoms with Crippen molar-refractivity contribution in [1.82, 2.24) is 20.5 Å². The fourth-order valence-electron chi connectivity index (χ4n) is 5.42. The summed E-state index contributed by atoms with van der Waals surface area (Å²) in [6.07, 6.45) is 7.29. The number of hydrogen-bond donors (Lipinski definition) is 4. The van der Waals surface area contributed by atoms with Crippen LogP contribution in [0, 0.1) is 18.8 Å². The van der Waals surface area contributed by atoms with Crippen molar-refractivity contribution in [1.29, 1.82) is 0 Å². The number of nitrogens with one attached hydrogen (secondary N) is 4. The van der Waals surface area contributed by atoms with E-state index in [1.165, 1.54) is 23.9 Å². The largest absolute Gasteiger partial charge is 0.324 e. The Kier molecular flexibility index (Phi) is 10.2. The van der Waals surface area contributed by atoms with Gasteiger partial charge in [-0.1, -0.05) is 31.7 Å². The lowest BCUT2D eigenvalue weighted by Gasteiger charge is -2.39. The van der Waals surface area contributed by atoms with E-state index in [1.54, 1.807) is 30.8 Å². The van der Waals surface area contributed by atoms with Gasteiger partial charge in [-0.05, 0) is 49.8 Å². The number of aryl methyl sites for hydroxylation is 1. The third-order valence-corrected chi connectivity index (χ3v) is 10.5. The molecular formula is C25H38ClN5O4S2. The van der Waals surface area contributed by atoms with Crippen molar-refractivity contribution in [3.63, 3.8) is 0 Å². The molecule has 4 rings (SSSR count). The fraction of sp³-hybridized carbons (Fsp3) is 0.680. The molecular weight excluding hydrogens is 534 g/mol. The predicted octanol–water partition coefficient (Wildman–Crippen LogP) is 2.81. The minimum Gasteiger partial charge on any atom is -0.324 e. The normalized spacial score (nSPS) is 25.7. The van der Waals surface area contributed by atoms with E-state index in [4.69, 9.17) is 11.6 Å². The second-order valence-corrected chi connectivity index (χ2v) is 13.5. The van der Waals surface area contributed by atoms with E-state index < -0.39 is 15.9 Å². The summed E-state index contributed by atoms with van der Waals surface area (Å²) in [5.41, 5.74) is 3.95. The maximum atomic E-state index is 13.3. The van der Waals surface area contributed by atoms with E-state index in [0.717, 1.165) is 37.3 Å². The molecule has 12 heteroatoms. The number of benzene rings is 1. The van der Waals surface area contributed by atoms with Crippen LogP contribution in [-0.4, -0.2) is 67.9 Å². The zero-order valence-corrected chi connectivity index (χ0v) is 23.7. The molecule has 1 aromatic carbocycles. The zero-order chi connectivity index (χ0) is 26.4. The number of carbonyl (C=O) groups excluding carboxylic acids is 2. The van der Waals surface area contributed by atoms with Gasteiger partial charge < -0.3 is 10.6 Å². The average molecular weight is 572 g/mol. The van der Waals surface area contributed by atoms with Crippen molar-refractivity contribution < 1.29 is 18.0 Å². The van der Waals surface area contributed by atoms with Gasteiger partial charge in [-0.25, -0.2) is 18.6 Å². The summed E-state index contributed by atoms with van der Waals surface area (Å²) in [5.74, 6) is 1.27. The summed E-state index contributed by atoms with van der Waals surface area (Å²) >= 11 is 8.37. The molecule has 3 aliphatic rings. The first kappa shape index (κ1) is 28.6. The first-order chi connectivity index (χ1) is 17.7. The highest BCUT2D eigenvalue weighted by molar-refractivity contribution is 7.99. The van der Waals surface area contributed by atoms with E-state index in [2.05, 4.69) is 20.8 Å². The molecule has 37 heavy (non-hydrogen) atoms. The Morgan fingerprint density at radius 2 is 1.97 bits per heavy atom. The van der Waals surface area contributed by atoms with Crippen LogP contribution in [0.25, 0.3) is 0 Å². The van der Waals surface area contributed by atoms with Crippen molar-refractivity contribution in [3.8, 4) is 0 Å². The maximum Gasteiger partial charge on any atom is 0.245 e.